The molecule has 0 spiro atoms. The smallest absolute Gasteiger partial charge is 0.236 e. The van der Waals surface area contributed by atoms with E-state index in [9.17, 15) is 4.79 Å². The highest BCUT2D eigenvalue weighted by Crippen LogP contribution is 1.98. The van der Waals surface area contributed by atoms with Gasteiger partial charge in [0.1, 0.15) is 0 Å². The van der Waals surface area contributed by atoms with Gasteiger partial charge in [0, 0.05) is 6.54 Å². The average Bonchev–Trinajstić information content (AvgIpc) is 2.21. The predicted molar refractivity (Wildman–Crippen MR) is 64.8 cm³/mol. The minimum absolute atomic E-state index is 0.0854. The van der Waals surface area contributed by atoms with Crippen molar-refractivity contribution >= 4 is 5.91 Å². The number of hydrogen-bond acceptors (Lipinski definition) is 2. The van der Waals surface area contributed by atoms with Gasteiger partial charge in [0.15, 0.2) is 0 Å². The summed E-state index contributed by atoms with van der Waals surface area (Å²) in [7, 11) is 0. The summed E-state index contributed by atoms with van der Waals surface area (Å²) in [6, 6.07) is -0.0854. The Kier molecular flexibility index (Phi) is 7.39. The lowest BCUT2D eigenvalue weighted by Gasteiger charge is -2.17. The second-order valence-corrected chi connectivity index (χ2v) is 4.78. The van der Waals surface area contributed by atoms with Crippen LogP contribution in [0.25, 0.3) is 0 Å². The lowest BCUT2D eigenvalue weighted by molar-refractivity contribution is -0.122. The average molecular weight is 214 g/mol. The SMILES string of the molecule is CCC(C)CNC(C)C(=O)NCC(C)C. The highest BCUT2D eigenvalue weighted by molar-refractivity contribution is 5.81. The van der Waals surface area contributed by atoms with Crippen LogP contribution in [0.3, 0.4) is 0 Å². The molecular weight excluding hydrogens is 188 g/mol. The summed E-state index contributed by atoms with van der Waals surface area (Å²) in [5.41, 5.74) is 0. The van der Waals surface area contributed by atoms with E-state index >= 15 is 0 Å². The van der Waals surface area contributed by atoms with Crippen molar-refractivity contribution in [2.24, 2.45) is 11.8 Å². The zero-order valence-corrected chi connectivity index (χ0v) is 10.8. The summed E-state index contributed by atoms with van der Waals surface area (Å²) < 4.78 is 0. The molecule has 0 radical (unpaired) electrons. The fraction of sp³-hybridized carbons (Fsp3) is 0.917. The Morgan fingerprint density at radius 1 is 1.13 bits per heavy atom. The van der Waals surface area contributed by atoms with Crippen molar-refractivity contribution in [2.75, 3.05) is 13.1 Å². The first-order valence-corrected chi connectivity index (χ1v) is 5.98. The van der Waals surface area contributed by atoms with Gasteiger partial charge in [-0.1, -0.05) is 34.1 Å². The number of carbonyl (C=O) groups excluding carboxylic acids is 1. The zero-order chi connectivity index (χ0) is 11.8. The van der Waals surface area contributed by atoms with Crippen molar-refractivity contribution in [3.63, 3.8) is 0 Å². The van der Waals surface area contributed by atoms with Gasteiger partial charge in [-0.3, -0.25) is 4.79 Å². The molecule has 2 atom stereocenters. The van der Waals surface area contributed by atoms with Crippen molar-refractivity contribution in [3.8, 4) is 0 Å². The summed E-state index contributed by atoms with van der Waals surface area (Å²) in [6.07, 6.45) is 1.15. The summed E-state index contributed by atoms with van der Waals surface area (Å²) in [6.45, 7) is 12.1. The number of hydrogen-bond donors (Lipinski definition) is 2. The van der Waals surface area contributed by atoms with Gasteiger partial charge >= 0.3 is 0 Å². The van der Waals surface area contributed by atoms with Crippen LogP contribution in [0.4, 0.5) is 0 Å². The van der Waals surface area contributed by atoms with E-state index in [1.165, 1.54) is 0 Å². The van der Waals surface area contributed by atoms with Gasteiger partial charge in [-0.2, -0.15) is 0 Å². The number of amides is 1. The van der Waals surface area contributed by atoms with Crippen molar-refractivity contribution < 1.29 is 4.79 Å². The molecule has 3 heteroatoms. The Morgan fingerprint density at radius 3 is 2.20 bits per heavy atom. The Labute approximate surface area is 94.0 Å². The van der Waals surface area contributed by atoms with E-state index in [0.29, 0.717) is 11.8 Å². The van der Waals surface area contributed by atoms with Crippen LogP contribution in [0.1, 0.15) is 41.0 Å². The molecule has 90 valence electrons. The Morgan fingerprint density at radius 2 is 1.73 bits per heavy atom. The normalized spacial score (nSPS) is 15.1. The second kappa shape index (κ2) is 7.69. The topological polar surface area (TPSA) is 41.1 Å². The molecular formula is C12H26N2O. The third-order valence-electron chi connectivity index (χ3n) is 2.55. The van der Waals surface area contributed by atoms with Crippen LogP contribution in [-0.4, -0.2) is 25.0 Å². The maximum Gasteiger partial charge on any atom is 0.236 e. The molecule has 0 fully saturated rings. The summed E-state index contributed by atoms with van der Waals surface area (Å²) in [5.74, 6) is 1.24. The first-order chi connectivity index (χ1) is 6.97. The lowest BCUT2D eigenvalue weighted by atomic mass is 10.1. The molecule has 0 bridgehead atoms. The lowest BCUT2D eigenvalue weighted by Crippen LogP contribution is -2.44. The van der Waals surface area contributed by atoms with Gasteiger partial charge < -0.3 is 10.6 Å². The largest absolute Gasteiger partial charge is 0.354 e. The van der Waals surface area contributed by atoms with Crippen LogP contribution in [0, 0.1) is 11.8 Å². The van der Waals surface area contributed by atoms with Crippen LogP contribution >= 0.6 is 0 Å². The highest BCUT2D eigenvalue weighted by Gasteiger charge is 2.12. The molecule has 0 aromatic heterocycles. The molecule has 0 aliphatic rings. The van der Waals surface area contributed by atoms with Crippen molar-refractivity contribution in [1.29, 1.82) is 0 Å². The van der Waals surface area contributed by atoms with Gasteiger partial charge in [-0.25, -0.2) is 0 Å². The van der Waals surface area contributed by atoms with E-state index in [1.54, 1.807) is 0 Å². The monoisotopic (exact) mass is 214 g/mol. The van der Waals surface area contributed by atoms with Crippen molar-refractivity contribution in [3.05, 3.63) is 0 Å². The third-order valence-corrected chi connectivity index (χ3v) is 2.55. The summed E-state index contributed by atoms with van der Waals surface area (Å²) >= 11 is 0. The van der Waals surface area contributed by atoms with E-state index in [4.69, 9.17) is 0 Å². The summed E-state index contributed by atoms with van der Waals surface area (Å²) in [4.78, 5) is 11.6. The minimum atomic E-state index is -0.0854. The first kappa shape index (κ1) is 14.4. The second-order valence-electron chi connectivity index (χ2n) is 4.78. The molecule has 15 heavy (non-hydrogen) atoms. The minimum Gasteiger partial charge on any atom is -0.354 e. The maximum absolute atomic E-state index is 11.6. The molecule has 0 aromatic carbocycles. The summed E-state index contributed by atoms with van der Waals surface area (Å²) in [5, 5.41) is 6.17. The van der Waals surface area contributed by atoms with Gasteiger partial charge in [0.2, 0.25) is 5.91 Å². The van der Waals surface area contributed by atoms with E-state index in [-0.39, 0.29) is 11.9 Å². The van der Waals surface area contributed by atoms with E-state index < -0.39 is 0 Å². The van der Waals surface area contributed by atoms with Crippen molar-refractivity contribution in [2.45, 2.75) is 47.1 Å². The molecule has 0 aliphatic heterocycles. The zero-order valence-electron chi connectivity index (χ0n) is 10.8. The molecule has 0 heterocycles. The molecule has 0 saturated carbocycles. The Balaban J connectivity index is 3.69. The molecule has 0 aromatic rings. The fourth-order valence-electron chi connectivity index (χ4n) is 1.07. The fourth-order valence-corrected chi connectivity index (χ4v) is 1.07. The van der Waals surface area contributed by atoms with Crippen LogP contribution in [-0.2, 0) is 4.79 Å². The highest BCUT2D eigenvalue weighted by atomic mass is 16.2. The molecule has 3 nitrogen and oxygen atoms in total. The van der Waals surface area contributed by atoms with Gasteiger partial charge in [0.05, 0.1) is 6.04 Å². The van der Waals surface area contributed by atoms with Crippen LogP contribution in [0.15, 0.2) is 0 Å². The molecule has 0 rings (SSSR count). The van der Waals surface area contributed by atoms with Crippen molar-refractivity contribution in [1.82, 2.24) is 10.6 Å². The van der Waals surface area contributed by atoms with Crippen LogP contribution in [0.5, 0.6) is 0 Å². The van der Waals surface area contributed by atoms with E-state index in [0.717, 1.165) is 19.5 Å². The molecule has 1 amide bonds. The van der Waals surface area contributed by atoms with Crippen LogP contribution in [0.2, 0.25) is 0 Å². The first-order valence-electron chi connectivity index (χ1n) is 5.98. The third kappa shape index (κ3) is 7.37. The van der Waals surface area contributed by atoms with E-state index in [1.807, 2.05) is 6.92 Å². The maximum atomic E-state index is 11.6. The standard InChI is InChI=1S/C12H26N2O/c1-6-10(4)8-13-11(5)12(15)14-7-9(2)3/h9-11,13H,6-8H2,1-5H3,(H,14,15). The van der Waals surface area contributed by atoms with Gasteiger partial charge in [-0.05, 0) is 25.3 Å². The van der Waals surface area contributed by atoms with Gasteiger partial charge in [-0.15, -0.1) is 0 Å². The molecule has 0 saturated heterocycles. The Hall–Kier alpha value is -0.570. The van der Waals surface area contributed by atoms with Crippen LogP contribution < -0.4 is 10.6 Å². The van der Waals surface area contributed by atoms with E-state index in [2.05, 4.69) is 38.3 Å². The molecule has 2 unspecified atom stereocenters. The molecule has 2 N–H and O–H groups in total. The number of carbonyl (C=O) groups is 1. The molecule has 0 aliphatic carbocycles. The quantitative estimate of drug-likeness (QED) is 0.678. The predicted octanol–water partition coefficient (Wildman–Crippen LogP) is 1.78. The number of rotatable bonds is 7. The Bertz CT molecular complexity index is 180. The number of nitrogens with one attached hydrogen (secondary N) is 2. The van der Waals surface area contributed by atoms with Gasteiger partial charge in [0.25, 0.3) is 0 Å².